The number of anilines is 1. The molecule has 0 spiro atoms. The van der Waals surface area contributed by atoms with Gasteiger partial charge in [-0.15, -0.1) is 0 Å². The number of aryl methyl sites for hydroxylation is 1. The minimum absolute atomic E-state index is 0.0367. The highest BCUT2D eigenvalue weighted by Gasteiger charge is 2.28. The van der Waals surface area contributed by atoms with Crippen LogP contribution in [0.5, 0.6) is 0 Å². The zero-order chi connectivity index (χ0) is 12.4. The predicted octanol–water partition coefficient (Wildman–Crippen LogP) is 2.44. The molecule has 1 aromatic rings. The summed E-state index contributed by atoms with van der Waals surface area (Å²) in [6.07, 6.45) is 0. The molecule has 1 aliphatic rings. The van der Waals surface area contributed by atoms with Crippen molar-refractivity contribution >= 4 is 23.2 Å². The van der Waals surface area contributed by atoms with Crippen LogP contribution in [0.25, 0.3) is 0 Å². The molecule has 1 aliphatic heterocycles. The lowest BCUT2D eigenvalue weighted by Crippen LogP contribution is -2.48. The highest BCUT2D eigenvalue weighted by Crippen LogP contribution is 2.23. The van der Waals surface area contributed by atoms with Gasteiger partial charge in [-0.1, -0.05) is 24.6 Å². The number of hydrogen-bond donors (Lipinski definition) is 2. The molecule has 1 amide bonds. The second kappa shape index (κ2) is 5.07. The molecule has 1 fully saturated rings. The van der Waals surface area contributed by atoms with Gasteiger partial charge < -0.3 is 10.6 Å². The second-order valence-electron chi connectivity index (χ2n) is 4.66. The van der Waals surface area contributed by atoms with Crippen molar-refractivity contribution < 1.29 is 4.79 Å². The number of rotatable bonds is 3. The van der Waals surface area contributed by atoms with Gasteiger partial charge in [0.2, 0.25) is 5.91 Å². The van der Waals surface area contributed by atoms with Gasteiger partial charge in [0.05, 0.1) is 0 Å². The summed E-state index contributed by atoms with van der Waals surface area (Å²) in [6, 6.07) is 5.53. The van der Waals surface area contributed by atoms with Gasteiger partial charge in [0, 0.05) is 16.6 Å². The Morgan fingerprint density at radius 2 is 2.24 bits per heavy atom. The van der Waals surface area contributed by atoms with Crippen LogP contribution in [0.4, 0.5) is 5.69 Å². The Morgan fingerprint density at radius 3 is 2.82 bits per heavy atom. The first-order chi connectivity index (χ1) is 8.08. The molecule has 1 aromatic carbocycles. The lowest BCUT2D eigenvalue weighted by molar-refractivity contribution is -0.121. The Labute approximate surface area is 107 Å². The third-order valence-corrected chi connectivity index (χ3v) is 3.63. The van der Waals surface area contributed by atoms with Crippen LogP contribution in [0.3, 0.4) is 0 Å². The summed E-state index contributed by atoms with van der Waals surface area (Å²) >= 11 is 5.92. The van der Waals surface area contributed by atoms with E-state index in [1.807, 2.05) is 26.0 Å². The van der Waals surface area contributed by atoms with Gasteiger partial charge in [-0.2, -0.15) is 0 Å². The van der Waals surface area contributed by atoms with Gasteiger partial charge in [0.25, 0.3) is 0 Å². The largest absolute Gasteiger partial charge is 0.326 e. The molecule has 0 radical (unpaired) electrons. The zero-order valence-electron chi connectivity index (χ0n) is 10.1. The Morgan fingerprint density at radius 1 is 1.53 bits per heavy atom. The maximum absolute atomic E-state index is 12.0. The summed E-state index contributed by atoms with van der Waals surface area (Å²) in [5, 5.41) is 6.77. The molecule has 4 heteroatoms. The van der Waals surface area contributed by atoms with Gasteiger partial charge in [-0.3, -0.25) is 4.79 Å². The molecule has 1 saturated heterocycles. The van der Waals surface area contributed by atoms with Gasteiger partial charge >= 0.3 is 0 Å². The van der Waals surface area contributed by atoms with Crippen molar-refractivity contribution in [3.8, 4) is 0 Å². The zero-order valence-corrected chi connectivity index (χ0v) is 10.8. The Bertz CT molecular complexity index is 429. The van der Waals surface area contributed by atoms with Gasteiger partial charge in [-0.05, 0) is 43.6 Å². The van der Waals surface area contributed by atoms with Crippen LogP contribution < -0.4 is 10.6 Å². The van der Waals surface area contributed by atoms with E-state index in [0.29, 0.717) is 10.9 Å². The Kier molecular flexibility index (Phi) is 3.69. The van der Waals surface area contributed by atoms with Crippen LogP contribution in [0, 0.1) is 18.8 Å². The van der Waals surface area contributed by atoms with E-state index in [2.05, 4.69) is 10.6 Å². The van der Waals surface area contributed by atoms with Crippen molar-refractivity contribution in [3.63, 3.8) is 0 Å². The van der Waals surface area contributed by atoms with E-state index in [1.54, 1.807) is 6.07 Å². The fourth-order valence-electron chi connectivity index (χ4n) is 1.85. The number of carbonyl (C=O) groups excluding carboxylic acids is 1. The van der Waals surface area contributed by atoms with E-state index >= 15 is 0 Å². The SMILES string of the molecule is Cc1ccc(Cl)cc1NC(=O)C(C)C1CNC1. The molecular formula is C13H17ClN2O. The predicted molar refractivity (Wildman–Crippen MR) is 70.3 cm³/mol. The highest BCUT2D eigenvalue weighted by molar-refractivity contribution is 6.31. The highest BCUT2D eigenvalue weighted by atomic mass is 35.5. The summed E-state index contributed by atoms with van der Waals surface area (Å²) in [5.74, 6) is 0.561. The molecule has 3 nitrogen and oxygen atoms in total. The van der Waals surface area contributed by atoms with Crippen molar-refractivity contribution in [1.82, 2.24) is 5.32 Å². The van der Waals surface area contributed by atoms with E-state index in [0.717, 1.165) is 24.3 Å². The van der Waals surface area contributed by atoms with Gasteiger partial charge in [0.15, 0.2) is 0 Å². The lowest BCUT2D eigenvalue weighted by atomic mass is 9.88. The molecule has 0 saturated carbocycles. The van der Waals surface area contributed by atoms with Crippen molar-refractivity contribution in [3.05, 3.63) is 28.8 Å². The van der Waals surface area contributed by atoms with Crippen LogP contribution in [0.1, 0.15) is 12.5 Å². The number of carbonyl (C=O) groups is 1. The first-order valence-corrected chi connectivity index (χ1v) is 6.23. The molecule has 1 unspecified atom stereocenters. The van der Waals surface area contributed by atoms with E-state index in [1.165, 1.54) is 0 Å². The third kappa shape index (κ3) is 2.79. The number of benzene rings is 1. The molecule has 2 N–H and O–H groups in total. The monoisotopic (exact) mass is 252 g/mol. The maximum atomic E-state index is 12.0. The van der Waals surface area contributed by atoms with Crippen molar-refractivity contribution in [2.75, 3.05) is 18.4 Å². The topological polar surface area (TPSA) is 41.1 Å². The molecule has 92 valence electrons. The molecule has 1 atom stereocenters. The van der Waals surface area contributed by atoms with Crippen LogP contribution in [0.2, 0.25) is 5.02 Å². The third-order valence-electron chi connectivity index (χ3n) is 3.39. The number of halogens is 1. The van der Waals surface area contributed by atoms with Crippen LogP contribution in [0.15, 0.2) is 18.2 Å². The fraction of sp³-hybridized carbons (Fsp3) is 0.462. The molecule has 2 rings (SSSR count). The Hall–Kier alpha value is -1.06. The van der Waals surface area contributed by atoms with E-state index in [4.69, 9.17) is 11.6 Å². The van der Waals surface area contributed by atoms with Crippen molar-refractivity contribution in [2.45, 2.75) is 13.8 Å². The summed E-state index contributed by atoms with van der Waals surface area (Å²) in [5.41, 5.74) is 1.84. The molecule has 17 heavy (non-hydrogen) atoms. The summed E-state index contributed by atoms with van der Waals surface area (Å²) < 4.78 is 0. The normalized spacial score (nSPS) is 17.4. The van der Waals surface area contributed by atoms with E-state index < -0.39 is 0 Å². The summed E-state index contributed by atoms with van der Waals surface area (Å²) in [4.78, 5) is 12.0. The van der Waals surface area contributed by atoms with Gasteiger partial charge in [0.1, 0.15) is 0 Å². The summed E-state index contributed by atoms with van der Waals surface area (Å²) in [7, 11) is 0. The lowest BCUT2D eigenvalue weighted by Gasteiger charge is -2.31. The smallest absolute Gasteiger partial charge is 0.227 e. The maximum Gasteiger partial charge on any atom is 0.227 e. The standard InChI is InChI=1S/C13H17ClN2O/c1-8-3-4-11(14)5-12(8)16-13(17)9(2)10-6-15-7-10/h3-5,9-10,15H,6-7H2,1-2H3,(H,16,17). The molecule has 1 heterocycles. The molecule has 0 aliphatic carbocycles. The van der Waals surface area contributed by atoms with Crippen molar-refractivity contribution in [1.29, 1.82) is 0 Å². The first kappa shape index (κ1) is 12.4. The number of nitrogens with one attached hydrogen (secondary N) is 2. The summed E-state index contributed by atoms with van der Waals surface area (Å²) in [6.45, 7) is 5.80. The first-order valence-electron chi connectivity index (χ1n) is 5.85. The molecule has 0 aromatic heterocycles. The van der Waals surface area contributed by atoms with Crippen LogP contribution >= 0.6 is 11.6 Å². The van der Waals surface area contributed by atoms with E-state index in [-0.39, 0.29) is 11.8 Å². The second-order valence-corrected chi connectivity index (χ2v) is 5.09. The number of amides is 1. The minimum Gasteiger partial charge on any atom is -0.326 e. The van der Waals surface area contributed by atoms with Crippen LogP contribution in [-0.2, 0) is 4.79 Å². The number of hydrogen-bond acceptors (Lipinski definition) is 2. The molecule has 0 bridgehead atoms. The van der Waals surface area contributed by atoms with Crippen molar-refractivity contribution in [2.24, 2.45) is 11.8 Å². The average Bonchev–Trinajstić information content (AvgIpc) is 2.21. The van der Waals surface area contributed by atoms with Gasteiger partial charge in [-0.25, -0.2) is 0 Å². The quantitative estimate of drug-likeness (QED) is 0.868. The van der Waals surface area contributed by atoms with E-state index in [9.17, 15) is 4.79 Å². The van der Waals surface area contributed by atoms with Crippen LogP contribution in [-0.4, -0.2) is 19.0 Å². The fourth-order valence-corrected chi connectivity index (χ4v) is 2.03. The Balaban J connectivity index is 2.04. The molecular weight excluding hydrogens is 236 g/mol. The average molecular weight is 253 g/mol. The minimum atomic E-state index is 0.0367.